The number of aromatic nitrogens is 1. The number of anilines is 1. The molecule has 1 aromatic carbocycles. The summed E-state index contributed by atoms with van der Waals surface area (Å²) in [6, 6.07) is 6.49. The second-order valence-corrected chi connectivity index (χ2v) is 6.04. The standard InChI is InChI=1S/C15H18FN3OS.ClH/c1-9(8-17)14(20)19-15-18-10(2)13(21-15)7-11-4-3-5-12(16)6-11;/h3-6,9H,7-8,17H2,1-2H3,(H,18,19,20);1H. The summed E-state index contributed by atoms with van der Waals surface area (Å²) in [5.74, 6) is -0.635. The van der Waals surface area contributed by atoms with Crippen LogP contribution in [0.3, 0.4) is 0 Å². The van der Waals surface area contributed by atoms with Gasteiger partial charge in [-0.1, -0.05) is 19.1 Å². The molecule has 4 nitrogen and oxygen atoms in total. The van der Waals surface area contributed by atoms with Gasteiger partial charge in [-0.3, -0.25) is 4.79 Å². The van der Waals surface area contributed by atoms with E-state index in [1.807, 2.05) is 13.0 Å². The molecular weight excluding hydrogens is 325 g/mol. The minimum absolute atomic E-state index is 0. The van der Waals surface area contributed by atoms with Gasteiger partial charge >= 0.3 is 0 Å². The molecule has 0 radical (unpaired) electrons. The molecule has 2 aromatic rings. The van der Waals surface area contributed by atoms with E-state index in [9.17, 15) is 9.18 Å². The number of nitrogens with zero attached hydrogens (tertiary/aromatic N) is 1. The lowest BCUT2D eigenvalue weighted by atomic mass is 10.1. The summed E-state index contributed by atoms with van der Waals surface area (Å²) < 4.78 is 13.2. The minimum atomic E-state index is -0.250. The van der Waals surface area contributed by atoms with Crippen LogP contribution in [-0.4, -0.2) is 17.4 Å². The van der Waals surface area contributed by atoms with Crippen LogP contribution in [0, 0.1) is 18.7 Å². The zero-order chi connectivity index (χ0) is 15.4. The van der Waals surface area contributed by atoms with Crippen molar-refractivity contribution in [3.63, 3.8) is 0 Å². The molecule has 1 heterocycles. The van der Waals surface area contributed by atoms with Gasteiger partial charge in [-0.15, -0.1) is 23.7 Å². The normalized spacial score (nSPS) is 11.6. The Balaban J connectivity index is 0.00000242. The summed E-state index contributed by atoms with van der Waals surface area (Å²) in [4.78, 5) is 17.1. The van der Waals surface area contributed by atoms with Crippen molar-refractivity contribution >= 4 is 34.8 Å². The number of benzene rings is 1. The number of aryl methyl sites for hydroxylation is 1. The lowest BCUT2D eigenvalue weighted by Gasteiger charge is -2.06. The van der Waals surface area contributed by atoms with E-state index >= 15 is 0 Å². The first-order valence-electron chi connectivity index (χ1n) is 6.71. The maximum atomic E-state index is 13.2. The van der Waals surface area contributed by atoms with Crippen LogP contribution in [0.4, 0.5) is 9.52 Å². The molecule has 0 saturated carbocycles. The average molecular weight is 344 g/mol. The molecule has 0 aliphatic heterocycles. The molecule has 7 heteroatoms. The Kier molecular flexibility index (Phi) is 6.93. The van der Waals surface area contributed by atoms with Crippen molar-refractivity contribution in [2.75, 3.05) is 11.9 Å². The lowest BCUT2D eigenvalue weighted by molar-refractivity contribution is -0.119. The number of carbonyl (C=O) groups is 1. The summed E-state index contributed by atoms with van der Waals surface area (Å²) in [6.45, 7) is 3.95. The van der Waals surface area contributed by atoms with E-state index in [0.717, 1.165) is 16.1 Å². The van der Waals surface area contributed by atoms with Crippen molar-refractivity contribution < 1.29 is 9.18 Å². The number of hydrogen-bond acceptors (Lipinski definition) is 4. The Labute approximate surface area is 139 Å². The number of rotatable bonds is 5. The highest BCUT2D eigenvalue weighted by molar-refractivity contribution is 7.15. The maximum Gasteiger partial charge on any atom is 0.230 e. The highest BCUT2D eigenvalue weighted by atomic mass is 35.5. The van der Waals surface area contributed by atoms with Crippen LogP contribution in [0.2, 0.25) is 0 Å². The summed E-state index contributed by atoms with van der Waals surface area (Å²) in [6.07, 6.45) is 0.601. The van der Waals surface area contributed by atoms with Gasteiger partial charge in [0.2, 0.25) is 5.91 Å². The molecule has 120 valence electrons. The van der Waals surface area contributed by atoms with Gasteiger partial charge < -0.3 is 11.1 Å². The second-order valence-electron chi connectivity index (χ2n) is 4.96. The fourth-order valence-corrected chi connectivity index (χ4v) is 2.81. The summed E-state index contributed by atoms with van der Waals surface area (Å²) in [5, 5.41) is 3.32. The average Bonchev–Trinajstić information content (AvgIpc) is 2.77. The summed E-state index contributed by atoms with van der Waals surface area (Å²) in [5.41, 5.74) is 7.20. The van der Waals surface area contributed by atoms with Gasteiger partial charge in [-0.25, -0.2) is 9.37 Å². The smallest absolute Gasteiger partial charge is 0.230 e. The molecule has 0 bridgehead atoms. The second kappa shape index (κ2) is 8.22. The van der Waals surface area contributed by atoms with E-state index < -0.39 is 0 Å². The highest BCUT2D eigenvalue weighted by Gasteiger charge is 2.15. The number of nitrogens with one attached hydrogen (secondary N) is 1. The Morgan fingerprint density at radius 2 is 2.23 bits per heavy atom. The SMILES string of the molecule is Cc1nc(NC(=O)C(C)CN)sc1Cc1cccc(F)c1.Cl. The van der Waals surface area contributed by atoms with Gasteiger partial charge in [0.15, 0.2) is 5.13 Å². The van der Waals surface area contributed by atoms with Crippen LogP contribution in [0.15, 0.2) is 24.3 Å². The first-order chi connectivity index (χ1) is 9.99. The van der Waals surface area contributed by atoms with Gasteiger partial charge in [0.05, 0.1) is 5.69 Å². The van der Waals surface area contributed by atoms with Gasteiger partial charge in [0.1, 0.15) is 5.82 Å². The number of thiazole rings is 1. The first kappa shape index (κ1) is 18.5. The molecule has 0 fully saturated rings. The van der Waals surface area contributed by atoms with Gasteiger partial charge in [0.25, 0.3) is 0 Å². The van der Waals surface area contributed by atoms with Crippen LogP contribution in [0.1, 0.15) is 23.1 Å². The van der Waals surface area contributed by atoms with E-state index in [1.54, 1.807) is 13.0 Å². The van der Waals surface area contributed by atoms with Gasteiger partial charge in [-0.05, 0) is 24.6 Å². The molecule has 1 atom stereocenters. The maximum absolute atomic E-state index is 13.2. The Bertz CT molecular complexity index is 647. The van der Waals surface area contributed by atoms with Crippen LogP contribution in [-0.2, 0) is 11.2 Å². The molecule has 0 spiro atoms. The number of halogens is 2. The van der Waals surface area contributed by atoms with E-state index in [1.165, 1.54) is 23.5 Å². The molecule has 0 saturated heterocycles. The fourth-order valence-electron chi connectivity index (χ4n) is 1.81. The third kappa shape index (κ3) is 4.76. The molecule has 1 amide bonds. The summed E-state index contributed by atoms with van der Waals surface area (Å²) >= 11 is 1.41. The zero-order valence-electron chi connectivity index (χ0n) is 12.4. The topological polar surface area (TPSA) is 68.0 Å². The van der Waals surface area contributed by atoms with E-state index in [2.05, 4.69) is 10.3 Å². The molecule has 1 aromatic heterocycles. The molecular formula is C15H19ClFN3OS. The first-order valence-corrected chi connectivity index (χ1v) is 7.53. The minimum Gasteiger partial charge on any atom is -0.330 e. The monoisotopic (exact) mass is 343 g/mol. The van der Waals surface area contributed by atoms with Crippen molar-refractivity contribution in [1.29, 1.82) is 0 Å². The molecule has 0 aliphatic rings. The number of hydrogen-bond donors (Lipinski definition) is 2. The third-order valence-corrected chi connectivity index (χ3v) is 4.25. The van der Waals surface area contributed by atoms with E-state index in [0.29, 0.717) is 18.1 Å². The van der Waals surface area contributed by atoms with Crippen molar-refractivity contribution in [2.45, 2.75) is 20.3 Å². The zero-order valence-corrected chi connectivity index (χ0v) is 14.1. The number of carbonyl (C=O) groups excluding carboxylic acids is 1. The fraction of sp³-hybridized carbons (Fsp3) is 0.333. The molecule has 3 N–H and O–H groups in total. The molecule has 1 unspecified atom stereocenters. The van der Waals surface area contributed by atoms with Crippen LogP contribution < -0.4 is 11.1 Å². The predicted molar refractivity (Wildman–Crippen MR) is 90.2 cm³/mol. The summed E-state index contributed by atoms with van der Waals surface area (Å²) in [7, 11) is 0. The molecule has 22 heavy (non-hydrogen) atoms. The van der Waals surface area contributed by atoms with E-state index in [-0.39, 0.29) is 30.0 Å². The largest absolute Gasteiger partial charge is 0.330 e. The van der Waals surface area contributed by atoms with Crippen molar-refractivity contribution in [1.82, 2.24) is 4.98 Å². The Hall–Kier alpha value is -1.50. The Morgan fingerprint density at radius 3 is 2.86 bits per heavy atom. The number of amides is 1. The number of nitrogens with two attached hydrogens (primary N) is 1. The Morgan fingerprint density at radius 1 is 1.50 bits per heavy atom. The molecule has 0 aliphatic carbocycles. The van der Waals surface area contributed by atoms with Crippen LogP contribution in [0.25, 0.3) is 0 Å². The predicted octanol–water partition coefficient (Wildman–Crippen LogP) is 3.14. The van der Waals surface area contributed by atoms with Gasteiger partial charge in [-0.2, -0.15) is 0 Å². The van der Waals surface area contributed by atoms with Crippen molar-refractivity contribution in [3.05, 3.63) is 46.2 Å². The van der Waals surface area contributed by atoms with Crippen LogP contribution >= 0.6 is 23.7 Å². The third-order valence-electron chi connectivity index (χ3n) is 3.18. The van der Waals surface area contributed by atoms with Crippen molar-refractivity contribution in [2.24, 2.45) is 11.7 Å². The van der Waals surface area contributed by atoms with E-state index in [4.69, 9.17) is 5.73 Å². The highest BCUT2D eigenvalue weighted by Crippen LogP contribution is 2.25. The van der Waals surface area contributed by atoms with Crippen LogP contribution in [0.5, 0.6) is 0 Å². The lowest BCUT2D eigenvalue weighted by Crippen LogP contribution is -2.26. The quantitative estimate of drug-likeness (QED) is 0.876. The van der Waals surface area contributed by atoms with Crippen molar-refractivity contribution in [3.8, 4) is 0 Å². The van der Waals surface area contributed by atoms with Gasteiger partial charge in [0, 0.05) is 23.8 Å². The molecule has 2 rings (SSSR count).